The van der Waals surface area contributed by atoms with Crippen molar-refractivity contribution in [1.82, 2.24) is 0 Å². The zero-order chi connectivity index (χ0) is 21.1. The maximum absolute atomic E-state index is 14.7. The molecular formula is C27H30F2O. The van der Waals surface area contributed by atoms with Crippen LogP contribution in [0.5, 0.6) is 0 Å². The Bertz CT molecular complexity index is 955. The van der Waals surface area contributed by atoms with Crippen molar-refractivity contribution < 1.29 is 13.5 Å². The summed E-state index contributed by atoms with van der Waals surface area (Å²) in [5, 5.41) is 0. The number of rotatable bonds is 3. The fourth-order valence-electron chi connectivity index (χ4n) is 5.23. The minimum Gasteiger partial charge on any atom is -0.378 e. The van der Waals surface area contributed by atoms with Gasteiger partial charge < -0.3 is 4.74 Å². The minimum atomic E-state index is -0.288. The number of hydrogen-bond acceptors (Lipinski definition) is 1. The molecule has 0 bridgehead atoms. The number of benzene rings is 2. The van der Waals surface area contributed by atoms with E-state index in [2.05, 4.69) is 18.8 Å². The van der Waals surface area contributed by atoms with Crippen LogP contribution in [0.1, 0.15) is 73.6 Å². The molecule has 0 spiro atoms. The highest BCUT2D eigenvalue weighted by Crippen LogP contribution is 2.46. The Morgan fingerprint density at radius 1 is 0.900 bits per heavy atom. The largest absolute Gasteiger partial charge is 0.378 e. The first kappa shape index (κ1) is 21.1. The van der Waals surface area contributed by atoms with Gasteiger partial charge in [-0.05, 0) is 106 Å². The third-order valence-electron chi connectivity index (χ3n) is 6.95. The molecule has 3 heteroatoms. The molecule has 0 N–H and O–H groups in total. The van der Waals surface area contributed by atoms with Crippen LogP contribution >= 0.6 is 0 Å². The lowest BCUT2D eigenvalue weighted by molar-refractivity contribution is -0.00956. The third kappa shape index (κ3) is 4.76. The Morgan fingerprint density at radius 2 is 1.70 bits per heavy atom. The summed E-state index contributed by atoms with van der Waals surface area (Å²) in [6, 6.07) is 10.3. The van der Waals surface area contributed by atoms with E-state index >= 15 is 0 Å². The molecule has 0 amide bonds. The van der Waals surface area contributed by atoms with Crippen LogP contribution in [0.4, 0.5) is 8.78 Å². The van der Waals surface area contributed by atoms with E-state index in [4.69, 9.17) is 4.74 Å². The topological polar surface area (TPSA) is 9.23 Å². The maximum Gasteiger partial charge on any atom is 0.139 e. The summed E-state index contributed by atoms with van der Waals surface area (Å²) in [6.07, 6.45) is 7.48. The molecule has 4 rings (SSSR count). The Balaban J connectivity index is 1.43. The molecular weight excluding hydrogens is 378 g/mol. The second kappa shape index (κ2) is 9.31. The van der Waals surface area contributed by atoms with Gasteiger partial charge in [0.1, 0.15) is 11.6 Å². The van der Waals surface area contributed by atoms with Crippen molar-refractivity contribution in [3.8, 4) is 11.8 Å². The quantitative estimate of drug-likeness (QED) is 0.510. The molecule has 2 fully saturated rings. The van der Waals surface area contributed by atoms with Crippen LogP contribution in [0.3, 0.4) is 0 Å². The van der Waals surface area contributed by atoms with Gasteiger partial charge in [0.15, 0.2) is 0 Å². The zero-order valence-electron chi connectivity index (χ0n) is 17.9. The van der Waals surface area contributed by atoms with Crippen LogP contribution in [0, 0.1) is 42.2 Å². The average molecular weight is 409 g/mol. The third-order valence-corrected chi connectivity index (χ3v) is 6.95. The van der Waals surface area contributed by atoms with Crippen molar-refractivity contribution in [2.75, 3.05) is 6.61 Å². The maximum atomic E-state index is 14.7. The normalized spacial score (nSPS) is 25.9. The summed E-state index contributed by atoms with van der Waals surface area (Å²) >= 11 is 0. The second-order valence-electron chi connectivity index (χ2n) is 8.87. The van der Waals surface area contributed by atoms with Gasteiger partial charge in [0, 0.05) is 12.2 Å². The molecule has 0 aliphatic heterocycles. The molecule has 30 heavy (non-hydrogen) atoms. The van der Waals surface area contributed by atoms with Crippen molar-refractivity contribution in [1.29, 1.82) is 0 Å². The van der Waals surface area contributed by atoms with Crippen LogP contribution in [-0.4, -0.2) is 12.7 Å². The summed E-state index contributed by atoms with van der Waals surface area (Å²) in [5.41, 5.74) is 2.59. The second-order valence-corrected chi connectivity index (χ2v) is 8.87. The Morgan fingerprint density at radius 3 is 2.47 bits per heavy atom. The predicted molar refractivity (Wildman–Crippen MR) is 116 cm³/mol. The highest BCUT2D eigenvalue weighted by Gasteiger charge is 2.36. The summed E-state index contributed by atoms with van der Waals surface area (Å²) in [6.45, 7) is 4.59. The Kier molecular flexibility index (Phi) is 6.54. The van der Waals surface area contributed by atoms with Crippen molar-refractivity contribution in [2.24, 2.45) is 11.8 Å². The number of fused-ring (bicyclic) bond motifs is 1. The molecule has 2 aliphatic rings. The van der Waals surface area contributed by atoms with Crippen molar-refractivity contribution in [2.45, 2.75) is 64.4 Å². The molecule has 2 aliphatic carbocycles. The van der Waals surface area contributed by atoms with Gasteiger partial charge in [-0.3, -0.25) is 0 Å². The molecule has 0 radical (unpaired) electrons. The van der Waals surface area contributed by atoms with Crippen molar-refractivity contribution >= 4 is 0 Å². The van der Waals surface area contributed by atoms with Crippen LogP contribution in [-0.2, 0) is 4.74 Å². The van der Waals surface area contributed by atoms with E-state index in [1.54, 1.807) is 31.2 Å². The lowest BCUT2D eigenvalue weighted by Crippen LogP contribution is -2.33. The first-order valence-electron chi connectivity index (χ1n) is 11.2. The highest BCUT2D eigenvalue weighted by molar-refractivity contribution is 5.45. The van der Waals surface area contributed by atoms with Gasteiger partial charge in [-0.2, -0.15) is 0 Å². The van der Waals surface area contributed by atoms with Gasteiger partial charge in [0.2, 0.25) is 0 Å². The first-order chi connectivity index (χ1) is 14.5. The lowest BCUT2D eigenvalue weighted by atomic mass is 9.65. The van der Waals surface area contributed by atoms with E-state index in [-0.39, 0.29) is 11.6 Å². The highest BCUT2D eigenvalue weighted by atomic mass is 19.1. The van der Waals surface area contributed by atoms with E-state index in [9.17, 15) is 8.78 Å². The molecule has 1 nitrogen and oxygen atoms in total. The van der Waals surface area contributed by atoms with Crippen LogP contribution in [0.2, 0.25) is 0 Å². The molecule has 4 unspecified atom stereocenters. The van der Waals surface area contributed by atoms with E-state index in [0.717, 1.165) is 43.3 Å². The Hall–Kier alpha value is -2.18. The first-order valence-corrected chi connectivity index (χ1v) is 11.2. The molecule has 4 atom stereocenters. The molecule has 2 aromatic rings. The SMILES string of the molecule is CCOC1CCC2CC(c3ccc(C#Cc4ccc(C)c(F)c4)c(F)c3)CCC2C1. The van der Waals surface area contributed by atoms with Crippen LogP contribution in [0.15, 0.2) is 36.4 Å². The molecule has 0 saturated heterocycles. The number of ether oxygens (including phenoxy) is 1. The van der Waals surface area contributed by atoms with E-state index < -0.39 is 0 Å². The standard InChI is InChI=1S/C27H30F2O/c1-3-30-25-13-12-22-15-21(10-11-23(22)16-25)24-9-8-20(27(29)17-24)7-6-19-5-4-18(2)26(28)14-19/h4-5,8-9,14,17,21-23,25H,3,10-13,15-16H2,1-2H3. The van der Waals surface area contributed by atoms with Crippen LogP contribution in [0.25, 0.3) is 0 Å². The fraction of sp³-hybridized carbons (Fsp3) is 0.481. The number of aryl methyl sites for hydroxylation is 1. The van der Waals surface area contributed by atoms with E-state index in [0.29, 0.717) is 28.7 Å². The van der Waals surface area contributed by atoms with E-state index in [1.807, 2.05) is 6.07 Å². The number of hydrogen-bond donors (Lipinski definition) is 0. The summed E-state index contributed by atoms with van der Waals surface area (Å²) in [4.78, 5) is 0. The summed E-state index contributed by atoms with van der Waals surface area (Å²) in [5.74, 6) is 7.09. The fourth-order valence-corrected chi connectivity index (χ4v) is 5.23. The molecule has 2 saturated carbocycles. The molecule has 158 valence electrons. The molecule has 0 heterocycles. The average Bonchev–Trinajstić information content (AvgIpc) is 2.75. The van der Waals surface area contributed by atoms with Gasteiger partial charge >= 0.3 is 0 Å². The van der Waals surface area contributed by atoms with Crippen molar-refractivity contribution in [3.63, 3.8) is 0 Å². The van der Waals surface area contributed by atoms with Gasteiger partial charge in [0.25, 0.3) is 0 Å². The summed E-state index contributed by atoms with van der Waals surface area (Å²) < 4.78 is 34.3. The predicted octanol–water partition coefficient (Wildman–Crippen LogP) is 6.76. The van der Waals surface area contributed by atoms with Crippen molar-refractivity contribution in [3.05, 3.63) is 70.3 Å². The van der Waals surface area contributed by atoms with Gasteiger partial charge in [-0.1, -0.05) is 24.0 Å². The molecule has 2 aromatic carbocycles. The summed E-state index contributed by atoms with van der Waals surface area (Å²) in [7, 11) is 0. The van der Waals surface area contributed by atoms with Crippen LogP contribution < -0.4 is 0 Å². The smallest absolute Gasteiger partial charge is 0.139 e. The minimum absolute atomic E-state index is 0.283. The zero-order valence-corrected chi connectivity index (χ0v) is 17.9. The molecule has 0 aromatic heterocycles. The van der Waals surface area contributed by atoms with Gasteiger partial charge in [-0.25, -0.2) is 8.78 Å². The van der Waals surface area contributed by atoms with Gasteiger partial charge in [0.05, 0.1) is 11.7 Å². The van der Waals surface area contributed by atoms with Gasteiger partial charge in [-0.15, -0.1) is 0 Å². The number of halogens is 2. The Labute approximate surface area is 178 Å². The lowest BCUT2D eigenvalue weighted by Gasteiger charge is -2.42. The van der Waals surface area contributed by atoms with E-state index in [1.165, 1.54) is 25.3 Å². The monoisotopic (exact) mass is 408 g/mol.